The maximum atomic E-state index is 8.95. The van der Waals surface area contributed by atoms with Crippen molar-refractivity contribution in [2.24, 2.45) is 0 Å². The van der Waals surface area contributed by atoms with E-state index < -0.39 is 0 Å². The van der Waals surface area contributed by atoms with Gasteiger partial charge in [-0.2, -0.15) is 0 Å². The number of aromatic amines is 1. The SMILES string of the molecule is CCN(CCO)Cc1nc2ccc(C)cc2[nH]1. The Kier molecular flexibility index (Phi) is 3.76. The molecule has 2 aromatic rings. The fourth-order valence-corrected chi connectivity index (χ4v) is 1.95. The first-order valence-electron chi connectivity index (χ1n) is 6.01. The highest BCUT2D eigenvalue weighted by Crippen LogP contribution is 2.14. The molecule has 0 unspecified atom stereocenters. The number of imidazole rings is 1. The Bertz CT molecular complexity index is 492. The summed E-state index contributed by atoms with van der Waals surface area (Å²) in [7, 11) is 0. The first-order chi connectivity index (χ1) is 8.22. The predicted octanol–water partition coefficient (Wildman–Crippen LogP) is 1.69. The summed E-state index contributed by atoms with van der Waals surface area (Å²) in [5.74, 6) is 0.959. The number of hydrogen-bond donors (Lipinski definition) is 2. The molecule has 0 aliphatic carbocycles. The summed E-state index contributed by atoms with van der Waals surface area (Å²) in [5, 5.41) is 8.95. The van der Waals surface area contributed by atoms with Crippen molar-refractivity contribution in [1.29, 1.82) is 0 Å². The van der Waals surface area contributed by atoms with E-state index in [0.29, 0.717) is 6.54 Å². The minimum atomic E-state index is 0.188. The quantitative estimate of drug-likeness (QED) is 0.826. The molecule has 92 valence electrons. The van der Waals surface area contributed by atoms with E-state index in [2.05, 4.69) is 40.8 Å². The molecule has 1 aromatic heterocycles. The zero-order chi connectivity index (χ0) is 12.3. The van der Waals surface area contributed by atoms with Crippen molar-refractivity contribution in [2.75, 3.05) is 19.7 Å². The Labute approximate surface area is 101 Å². The van der Waals surface area contributed by atoms with Crippen molar-refractivity contribution in [3.05, 3.63) is 29.6 Å². The average Bonchev–Trinajstić information content (AvgIpc) is 2.69. The van der Waals surface area contributed by atoms with Crippen LogP contribution in [0, 0.1) is 6.92 Å². The van der Waals surface area contributed by atoms with E-state index in [1.165, 1.54) is 5.56 Å². The van der Waals surface area contributed by atoms with Gasteiger partial charge in [0.05, 0.1) is 24.2 Å². The number of likely N-dealkylation sites (N-methyl/N-ethyl adjacent to an activating group) is 1. The minimum absolute atomic E-state index is 0.188. The lowest BCUT2D eigenvalue weighted by molar-refractivity contribution is 0.194. The van der Waals surface area contributed by atoms with Crippen LogP contribution in [0.4, 0.5) is 0 Å². The molecule has 1 heterocycles. The van der Waals surface area contributed by atoms with Gasteiger partial charge in [-0.1, -0.05) is 13.0 Å². The third-order valence-electron chi connectivity index (χ3n) is 2.92. The number of aromatic nitrogens is 2. The van der Waals surface area contributed by atoms with Crippen molar-refractivity contribution < 1.29 is 5.11 Å². The average molecular weight is 233 g/mol. The van der Waals surface area contributed by atoms with Crippen LogP contribution < -0.4 is 0 Å². The zero-order valence-electron chi connectivity index (χ0n) is 10.4. The monoisotopic (exact) mass is 233 g/mol. The van der Waals surface area contributed by atoms with E-state index in [0.717, 1.165) is 29.9 Å². The molecule has 2 N–H and O–H groups in total. The number of aryl methyl sites for hydroxylation is 1. The number of aliphatic hydroxyl groups excluding tert-OH is 1. The molecule has 0 aliphatic heterocycles. The first-order valence-corrected chi connectivity index (χ1v) is 6.01. The van der Waals surface area contributed by atoms with Crippen LogP contribution >= 0.6 is 0 Å². The summed E-state index contributed by atoms with van der Waals surface area (Å²) >= 11 is 0. The number of nitrogens with zero attached hydrogens (tertiary/aromatic N) is 2. The van der Waals surface area contributed by atoms with Gasteiger partial charge >= 0.3 is 0 Å². The van der Waals surface area contributed by atoms with Crippen LogP contribution in [0.5, 0.6) is 0 Å². The van der Waals surface area contributed by atoms with Crippen LogP contribution in [-0.4, -0.2) is 39.7 Å². The maximum absolute atomic E-state index is 8.95. The molecule has 0 radical (unpaired) electrons. The van der Waals surface area contributed by atoms with E-state index in [-0.39, 0.29) is 6.61 Å². The Balaban J connectivity index is 2.18. The van der Waals surface area contributed by atoms with Crippen LogP contribution in [0.3, 0.4) is 0 Å². The van der Waals surface area contributed by atoms with Crippen LogP contribution in [-0.2, 0) is 6.54 Å². The molecule has 0 amide bonds. The molecule has 17 heavy (non-hydrogen) atoms. The molecular formula is C13H19N3O. The van der Waals surface area contributed by atoms with Crippen LogP contribution in [0.1, 0.15) is 18.3 Å². The summed E-state index contributed by atoms with van der Waals surface area (Å²) in [4.78, 5) is 10.0. The summed E-state index contributed by atoms with van der Waals surface area (Å²) in [6.45, 7) is 6.70. The predicted molar refractivity (Wildman–Crippen MR) is 68.9 cm³/mol. The van der Waals surface area contributed by atoms with Gasteiger partial charge in [-0.05, 0) is 31.2 Å². The molecule has 0 aliphatic rings. The molecule has 0 spiro atoms. The Morgan fingerprint density at radius 1 is 1.41 bits per heavy atom. The van der Waals surface area contributed by atoms with Crippen LogP contribution in [0.15, 0.2) is 18.2 Å². The standard InChI is InChI=1S/C13H19N3O/c1-3-16(6-7-17)9-13-14-11-5-4-10(2)8-12(11)15-13/h4-5,8,17H,3,6-7,9H2,1-2H3,(H,14,15). The van der Waals surface area contributed by atoms with Crippen molar-refractivity contribution >= 4 is 11.0 Å². The zero-order valence-corrected chi connectivity index (χ0v) is 10.4. The lowest BCUT2D eigenvalue weighted by Crippen LogP contribution is -2.26. The van der Waals surface area contributed by atoms with E-state index in [1.807, 2.05) is 6.07 Å². The molecule has 4 nitrogen and oxygen atoms in total. The van der Waals surface area contributed by atoms with Crippen molar-refractivity contribution in [3.8, 4) is 0 Å². The van der Waals surface area contributed by atoms with Crippen LogP contribution in [0.2, 0.25) is 0 Å². The van der Waals surface area contributed by atoms with Crippen molar-refractivity contribution in [3.63, 3.8) is 0 Å². The summed E-state index contributed by atoms with van der Waals surface area (Å²) in [5.41, 5.74) is 3.32. The molecule has 1 aromatic carbocycles. The normalized spacial score (nSPS) is 11.5. The van der Waals surface area contributed by atoms with Gasteiger partial charge in [-0.15, -0.1) is 0 Å². The van der Waals surface area contributed by atoms with Crippen molar-refractivity contribution in [2.45, 2.75) is 20.4 Å². The van der Waals surface area contributed by atoms with E-state index in [4.69, 9.17) is 5.11 Å². The minimum Gasteiger partial charge on any atom is -0.395 e. The molecule has 0 saturated carbocycles. The molecule has 0 saturated heterocycles. The van der Waals surface area contributed by atoms with E-state index in [9.17, 15) is 0 Å². The second-order valence-electron chi connectivity index (χ2n) is 4.30. The number of aliphatic hydroxyl groups is 1. The van der Waals surface area contributed by atoms with Gasteiger partial charge in [-0.3, -0.25) is 4.90 Å². The van der Waals surface area contributed by atoms with Gasteiger partial charge in [0, 0.05) is 6.54 Å². The van der Waals surface area contributed by atoms with Gasteiger partial charge in [0.25, 0.3) is 0 Å². The summed E-state index contributed by atoms with van der Waals surface area (Å²) < 4.78 is 0. The number of nitrogens with one attached hydrogen (secondary N) is 1. The highest BCUT2D eigenvalue weighted by molar-refractivity contribution is 5.75. The van der Waals surface area contributed by atoms with Gasteiger partial charge in [0.1, 0.15) is 5.82 Å². The smallest absolute Gasteiger partial charge is 0.121 e. The second-order valence-corrected chi connectivity index (χ2v) is 4.30. The lowest BCUT2D eigenvalue weighted by atomic mass is 10.2. The first kappa shape index (κ1) is 12.1. The van der Waals surface area contributed by atoms with E-state index >= 15 is 0 Å². The van der Waals surface area contributed by atoms with Gasteiger partial charge < -0.3 is 10.1 Å². The number of benzene rings is 1. The molecule has 0 atom stereocenters. The molecular weight excluding hydrogens is 214 g/mol. The Hall–Kier alpha value is -1.39. The Morgan fingerprint density at radius 2 is 2.24 bits per heavy atom. The maximum Gasteiger partial charge on any atom is 0.121 e. The number of hydrogen-bond acceptors (Lipinski definition) is 3. The number of H-pyrrole nitrogens is 1. The van der Waals surface area contributed by atoms with Crippen LogP contribution in [0.25, 0.3) is 11.0 Å². The highest BCUT2D eigenvalue weighted by atomic mass is 16.3. The fraction of sp³-hybridized carbons (Fsp3) is 0.462. The molecule has 0 bridgehead atoms. The highest BCUT2D eigenvalue weighted by Gasteiger charge is 2.07. The Morgan fingerprint density at radius 3 is 2.94 bits per heavy atom. The number of rotatable bonds is 5. The largest absolute Gasteiger partial charge is 0.395 e. The molecule has 0 fully saturated rings. The van der Waals surface area contributed by atoms with Gasteiger partial charge in [-0.25, -0.2) is 4.98 Å². The topological polar surface area (TPSA) is 52.1 Å². The molecule has 2 rings (SSSR count). The number of fused-ring (bicyclic) bond motifs is 1. The summed E-state index contributed by atoms with van der Waals surface area (Å²) in [6, 6.07) is 6.21. The lowest BCUT2D eigenvalue weighted by Gasteiger charge is -2.16. The van der Waals surface area contributed by atoms with E-state index in [1.54, 1.807) is 0 Å². The fourth-order valence-electron chi connectivity index (χ4n) is 1.95. The third-order valence-corrected chi connectivity index (χ3v) is 2.92. The van der Waals surface area contributed by atoms with Gasteiger partial charge in [0.2, 0.25) is 0 Å². The third kappa shape index (κ3) is 2.84. The molecule has 4 heteroatoms. The summed E-state index contributed by atoms with van der Waals surface area (Å²) in [6.07, 6.45) is 0. The van der Waals surface area contributed by atoms with Gasteiger partial charge in [0.15, 0.2) is 0 Å². The van der Waals surface area contributed by atoms with Crippen molar-refractivity contribution in [1.82, 2.24) is 14.9 Å². The second kappa shape index (κ2) is 5.29.